The first-order valence-electron chi connectivity index (χ1n) is 10.1. The lowest BCUT2D eigenvalue weighted by molar-refractivity contribution is -0.125. The summed E-state index contributed by atoms with van der Waals surface area (Å²) in [4.78, 5) is 30.5. The van der Waals surface area contributed by atoms with Crippen molar-refractivity contribution < 1.29 is 14.0 Å². The van der Waals surface area contributed by atoms with Crippen LogP contribution in [-0.2, 0) is 22.6 Å². The number of likely N-dealkylation sites (N-methyl/N-ethyl adjacent to an activating group) is 1. The predicted molar refractivity (Wildman–Crippen MR) is 117 cm³/mol. The highest BCUT2D eigenvalue weighted by Gasteiger charge is 2.20. The van der Waals surface area contributed by atoms with Crippen LogP contribution in [0, 0.1) is 12.8 Å². The molecule has 0 saturated heterocycles. The average Bonchev–Trinajstić information content (AvgIpc) is 2.98. The molecular formula is C24H25N3O3. The number of furan rings is 1. The average molecular weight is 403 g/mol. The van der Waals surface area contributed by atoms with Crippen molar-refractivity contribution >= 4 is 34.7 Å². The molecule has 154 valence electrons. The van der Waals surface area contributed by atoms with Crippen molar-refractivity contribution in [1.29, 1.82) is 0 Å². The second-order valence-electron chi connectivity index (χ2n) is 7.88. The monoisotopic (exact) mass is 403 g/mol. The number of carbonyl (C=O) groups excluding carboxylic acids is 2. The highest BCUT2D eigenvalue weighted by molar-refractivity contribution is 5.93. The van der Waals surface area contributed by atoms with Gasteiger partial charge in [0.1, 0.15) is 17.2 Å². The number of carbonyl (C=O) groups is 2. The van der Waals surface area contributed by atoms with Crippen LogP contribution in [0.25, 0.3) is 17.0 Å². The summed E-state index contributed by atoms with van der Waals surface area (Å²) in [5.74, 6) is 1.26. The van der Waals surface area contributed by atoms with Crippen LogP contribution in [0.15, 0.2) is 47.0 Å². The Labute approximate surface area is 175 Å². The number of fused-ring (bicyclic) bond motifs is 2. The molecule has 1 aliphatic rings. The van der Waals surface area contributed by atoms with Crippen LogP contribution < -0.4 is 5.32 Å². The first-order valence-corrected chi connectivity index (χ1v) is 10.1. The molecule has 0 fully saturated rings. The number of amides is 2. The molecular weight excluding hydrogens is 378 g/mol. The highest BCUT2D eigenvalue weighted by Crippen LogP contribution is 2.26. The lowest BCUT2D eigenvalue weighted by atomic mass is 10.0. The highest BCUT2D eigenvalue weighted by atomic mass is 16.3. The van der Waals surface area contributed by atoms with E-state index in [1.165, 1.54) is 0 Å². The summed E-state index contributed by atoms with van der Waals surface area (Å²) >= 11 is 0. The Balaban J connectivity index is 1.45. The Morgan fingerprint density at radius 1 is 1.37 bits per heavy atom. The second-order valence-corrected chi connectivity index (χ2v) is 7.88. The van der Waals surface area contributed by atoms with E-state index in [0.717, 1.165) is 46.3 Å². The molecule has 6 nitrogen and oxygen atoms in total. The Morgan fingerprint density at radius 3 is 2.97 bits per heavy atom. The minimum absolute atomic E-state index is 0.00206. The molecule has 1 aromatic carbocycles. The summed E-state index contributed by atoms with van der Waals surface area (Å²) in [5.41, 5.74) is 3.71. The molecule has 1 N–H and O–H groups in total. The molecule has 30 heavy (non-hydrogen) atoms. The second kappa shape index (κ2) is 8.14. The van der Waals surface area contributed by atoms with Gasteiger partial charge in [-0.1, -0.05) is 25.1 Å². The minimum Gasteiger partial charge on any atom is -0.459 e. The molecule has 0 bridgehead atoms. The Hall–Kier alpha value is -3.41. The number of rotatable bonds is 4. The van der Waals surface area contributed by atoms with Crippen LogP contribution in [0.3, 0.4) is 0 Å². The smallest absolute Gasteiger partial charge is 0.246 e. The Morgan fingerprint density at radius 2 is 2.17 bits per heavy atom. The zero-order valence-corrected chi connectivity index (χ0v) is 17.4. The van der Waals surface area contributed by atoms with Crippen molar-refractivity contribution in [2.75, 3.05) is 12.4 Å². The normalized spacial score (nSPS) is 16.4. The van der Waals surface area contributed by atoms with Crippen molar-refractivity contribution in [1.82, 2.24) is 9.88 Å². The summed E-state index contributed by atoms with van der Waals surface area (Å²) in [5, 5.41) is 3.94. The number of para-hydroxylation sites is 1. The van der Waals surface area contributed by atoms with E-state index >= 15 is 0 Å². The van der Waals surface area contributed by atoms with E-state index in [2.05, 4.69) is 10.3 Å². The molecule has 0 spiro atoms. The van der Waals surface area contributed by atoms with Crippen LogP contribution in [0.4, 0.5) is 5.82 Å². The fraction of sp³-hybridized carbons (Fsp3) is 0.292. The number of benzene rings is 1. The van der Waals surface area contributed by atoms with E-state index in [9.17, 15) is 9.59 Å². The Kier molecular flexibility index (Phi) is 5.40. The minimum atomic E-state index is -0.119. The van der Waals surface area contributed by atoms with Gasteiger partial charge in [-0.05, 0) is 49.1 Å². The summed E-state index contributed by atoms with van der Waals surface area (Å²) in [6.45, 7) is 4.33. The summed E-state index contributed by atoms with van der Waals surface area (Å²) in [6, 6.07) is 9.85. The van der Waals surface area contributed by atoms with Gasteiger partial charge in [0.05, 0.1) is 6.54 Å². The quantitative estimate of drug-likeness (QED) is 0.658. The number of pyridine rings is 1. The number of hydrogen-bond acceptors (Lipinski definition) is 4. The number of aromatic nitrogens is 1. The van der Waals surface area contributed by atoms with E-state index in [-0.39, 0.29) is 17.7 Å². The topological polar surface area (TPSA) is 75.4 Å². The molecule has 0 unspecified atom stereocenters. The zero-order valence-electron chi connectivity index (χ0n) is 17.4. The van der Waals surface area contributed by atoms with Gasteiger partial charge in [-0.25, -0.2) is 4.98 Å². The molecule has 6 heteroatoms. The molecule has 2 amide bonds. The number of nitrogens with one attached hydrogen (secondary N) is 1. The maximum absolute atomic E-state index is 12.6. The van der Waals surface area contributed by atoms with Crippen molar-refractivity contribution in [3.8, 4) is 0 Å². The summed E-state index contributed by atoms with van der Waals surface area (Å²) in [7, 11) is 1.76. The fourth-order valence-corrected chi connectivity index (χ4v) is 3.63. The van der Waals surface area contributed by atoms with Gasteiger partial charge in [0.15, 0.2) is 0 Å². The molecule has 4 rings (SSSR count). The summed E-state index contributed by atoms with van der Waals surface area (Å²) < 4.78 is 5.91. The van der Waals surface area contributed by atoms with Crippen LogP contribution in [0.5, 0.6) is 0 Å². The van der Waals surface area contributed by atoms with Crippen LogP contribution in [0.1, 0.15) is 35.8 Å². The first kappa shape index (κ1) is 19.9. The van der Waals surface area contributed by atoms with Crippen molar-refractivity contribution in [3.63, 3.8) is 0 Å². The molecule has 0 saturated carbocycles. The molecule has 3 aromatic rings. The molecule has 0 aliphatic carbocycles. The maximum atomic E-state index is 12.6. The van der Waals surface area contributed by atoms with Gasteiger partial charge in [-0.3, -0.25) is 9.59 Å². The molecule has 3 heterocycles. The standard InChI is InChI=1S/C24H25N3O3/c1-15-8-10-18-12-17(13-25-23(18)26-24(15)29)9-11-22(28)27(3)14-21-16(2)19-6-4-5-7-20(19)30-21/h4-7,9,11-13,15H,8,10,14H2,1-3H3,(H,25,26,29)/b11-9+/t15-/m0/s1. The van der Waals surface area contributed by atoms with Gasteiger partial charge < -0.3 is 14.6 Å². The molecule has 2 aromatic heterocycles. The first-order chi connectivity index (χ1) is 14.4. The SMILES string of the molecule is Cc1c(CN(C)C(=O)/C=C/c2cnc3c(c2)CC[C@H](C)C(=O)N3)oc2ccccc12. The van der Waals surface area contributed by atoms with Gasteiger partial charge in [-0.2, -0.15) is 0 Å². The van der Waals surface area contributed by atoms with E-state index in [0.29, 0.717) is 12.4 Å². The van der Waals surface area contributed by atoms with Crippen molar-refractivity contribution in [2.45, 2.75) is 33.2 Å². The van der Waals surface area contributed by atoms with Gasteiger partial charge in [0, 0.05) is 36.2 Å². The van der Waals surface area contributed by atoms with Crippen LogP contribution in [-0.4, -0.2) is 28.7 Å². The van der Waals surface area contributed by atoms with E-state index in [1.54, 1.807) is 30.3 Å². The van der Waals surface area contributed by atoms with Gasteiger partial charge in [-0.15, -0.1) is 0 Å². The molecule has 1 atom stereocenters. The number of nitrogens with zero attached hydrogens (tertiary/aromatic N) is 2. The molecule has 1 aliphatic heterocycles. The van der Waals surface area contributed by atoms with Gasteiger partial charge in [0.25, 0.3) is 0 Å². The third-order valence-electron chi connectivity index (χ3n) is 5.64. The fourth-order valence-electron chi connectivity index (χ4n) is 3.63. The Bertz CT molecular complexity index is 1150. The number of hydrogen-bond donors (Lipinski definition) is 1. The largest absolute Gasteiger partial charge is 0.459 e. The van der Waals surface area contributed by atoms with E-state index in [1.807, 2.05) is 44.2 Å². The van der Waals surface area contributed by atoms with Crippen LogP contribution >= 0.6 is 0 Å². The third-order valence-corrected chi connectivity index (χ3v) is 5.64. The lowest BCUT2D eigenvalue weighted by Crippen LogP contribution is -2.24. The number of aryl methyl sites for hydroxylation is 2. The van der Waals surface area contributed by atoms with Gasteiger partial charge >= 0.3 is 0 Å². The number of anilines is 1. The third kappa shape index (κ3) is 3.99. The van der Waals surface area contributed by atoms with Crippen molar-refractivity contribution in [3.05, 3.63) is 65.1 Å². The van der Waals surface area contributed by atoms with Crippen molar-refractivity contribution in [2.24, 2.45) is 5.92 Å². The van der Waals surface area contributed by atoms with E-state index < -0.39 is 0 Å². The molecule has 0 radical (unpaired) electrons. The predicted octanol–water partition coefficient (Wildman–Crippen LogP) is 4.33. The van der Waals surface area contributed by atoms with Crippen LogP contribution in [0.2, 0.25) is 0 Å². The van der Waals surface area contributed by atoms with E-state index in [4.69, 9.17) is 4.42 Å². The maximum Gasteiger partial charge on any atom is 0.246 e. The summed E-state index contributed by atoms with van der Waals surface area (Å²) in [6.07, 6.45) is 6.53. The van der Waals surface area contributed by atoms with Gasteiger partial charge in [0.2, 0.25) is 11.8 Å². The lowest BCUT2D eigenvalue weighted by Gasteiger charge is -2.14. The zero-order chi connectivity index (χ0) is 21.3.